The van der Waals surface area contributed by atoms with Crippen molar-refractivity contribution >= 4 is 34.2 Å². The molecule has 2 heterocycles. The third kappa shape index (κ3) is 4.79. The molecule has 2 aromatic heterocycles. The van der Waals surface area contributed by atoms with Gasteiger partial charge in [-0.3, -0.25) is 9.59 Å². The van der Waals surface area contributed by atoms with Crippen LogP contribution < -0.4 is 15.8 Å². The summed E-state index contributed by atoms with van der Waals surface area (Å²) in [4.78, 5) is 33.1. The molecule has 1 aliphatic carbocycles. The normalized spacial score (nSPS) is 14.2. The first-order chi connectivity index (χ1) is 17.5. The molecule has 8 heteroatoms. The Morgan fingerprint density at radius 2 is 1.92 bits per heavy atom. The summed E-state index contributed by atoms with van der Waals surface area (Å²) in [6.07, 6.45) is 7.27. The number of nitrogen functional groups attached to an aromatic ring is 1. The Balaban J connectivity index is 1.42. The molecule has 184 valence electrons. The second-order valence-corrected chi connectivity index (χ2v) is 9.13. The topological polar surface area (TPSA) is 112 Å². The van der Waals surface area contributed by atoms with Gasteiger partial charge < -0.3 is 20.4 Å². The van der Waals surface area contributed by atoms with Gasteiger partial charge in [-0.25, -0.2) is 9.97 Å². The van der Waals surface area contributed by atoms with Gasteiger partial charge in [-0.2, -0.15) is 0 Å². The number of fused-ring (bicyclic) bond motifs is 1. The number of rotatable bonds is 7. The van der Waals surface area contributed by atoms with Gasteiger partial charge in [-0.1, -0.05) is 36.4 Å². The minimum absolute atomic E-state index is 0.0778. The highest BCUT2D eigenvalue weighted by atomic mass is 16.5. The molecule has 36 heavy (non-hydrogen) atoms. The third-order valence-electron chi connectivity index (χ3n) is 6.82. The molecule has 5 rings (SSSR count). The van der Waals surface area contributed by atoms with E-state index in [-0.39, 0.29) is 11.9 Å². The Morgan fingerprint density at radius 1 is 1.14 bits per heavy atom. The van der Waals surface area contributed by atoms with Crippen molar-refractivity contribution < 1.29 is 14.3 Å². The van der Waals surface area contributed by atoms with Crippen LogP contribution in [-0.2, 0) is 16.0 Å². The summed E-state index contributed by atoms with van der Waals surface area (Å²) in [5.74, 6) is 1.19. The van der Waals surface area contributed by atoms with Crippen LogP contribution in [0.4, 0.5) is 11.5 Å². The van der Waals surface area contributed by atoms with Crippen molar-refractivity contribution in [2.45, 2.75) is 44.6 Å². The first-order valence-corrected chi connectivity index (χ1v) is 12.2. The van der Waals surface area contributed by atoms with Gasteiger partial charge in [-0.15, -0.1) is 0 Å². The number of ether oxygens (including phenoxy) is 1. The van der Waals surface area contributed by atoms with Crippen molar-refractivity contribution in [3.63, 3.8) is 0 Å². The lowest BCUT2D eigenvalue weighted by Gasteiger charge is -2.23. The van der Waals surface area contributed by atoms with Crippen LogP contribution >= 0.6 is 0 Å². The molecule has 2 aromatic carbocycles. The summed E-state index contributed by atoms with van der Waals surface area (Å²) in [5, 5.41) is 3.74. The van der Waals surface area contributed by atoms with Crippen molar-refractivity contribution in [3.8, 4) is 16.9 Å². The molecule has 3 N–H and O–H groups in total. The lowest BCUT2D eigenvalue weighted by molar-refractivity contribution is -0.120. The monoisotopic (exact) mass is 483 g/mol. The Bertz CT molecular complexity index is 1400. The first kappa shape index (κ1) is 23.5. The summed E-state index contributed by atoms with van der Waals surface area (Å²) in [7, 11) is 1.58. The third-order valence-corrected chi connectivity index (χ3v) is 6.82. The van der Waals surface area contributed by atoms with E-state index in [9.17, 15) is 9.59 Å². The molecule has 0 atom stereocenters. The zero-order valence-electron chi connectivity index (χ0n) is 20.2. The number of hydrogen-bond donors (Lipinski definition) is 2. The number of carbonyl (C=O) groups excluding carboxylic acids is 2. The number of carbonyl (C=O) groups is 2. The fourth-order valence-electron chi connectivity index (χ4n) is 4.89. The van der Waals surface area contributed by atoms with Crippen LogP contribution in [0.3, 0.4) is 0 Å². The number of aryl methyl sites for hydroxylation is 1. The fourth-order valence-corrected chi connectivity index (χ4v) is 4.89. The summed E-state index contributed by atoms with van der Waals surface area (Å²) in [6, 6.07) is 15.8. The zero-order chi connectivity index (χ0) is 25.1. The van der Waals surface area contributed by atoms with E-state index in [4.69, 9.17) is 10.5 Å². The maximum absolute atomic E-state index is 12.6. The van der Waals surface area contributed by atoms with Crippen LogP contribution in [0, 0.1) is 0 Å². The molecular weight excluding hydrogens is 454 g/mol. The van der Waals surface area contributed by atoms with E-state index in [0.717, 1.165) is 40.6 Å². The van der Waals surface area contributed by atoms with Gasteiger partial charge in [0.25, 0.3) is 0 Å². The molecule has 4 aromatic rings. The van der Waals surface area contributed by atoms with Gasteiger partial charge in [0.1, 0.15) is 29.3 Å². The Hall–Kier alpha value is -4.20. The highest BCUT2D eigenvalue weighted by Crippen LogP contribution is 2.39. The van der Waals surface area contributed by atoms with Crippen LogP contribution in [0.2, 0.25) is 0 Å². The molecule has 0 saturated heterocycles. The fraction of sp³-hybridized carbons (Fsp3) is 0.286. The van der Waals surface area contributed by atoms with Crippen LogP contribution in [0.25, 0.3) is 22.2 Å². The maximum Gasteiger partial charge on any atom is 0.224 e. The number of benzene rings is 2. The summed E-state index contributed by atoms with van der Waals surface area (Å²) < 4.78 is 7.75. The highest BCUT2D eigenvalue weighted by Gasteiger charge is 2.25. The van der Waals surface area contributed by atoms with E-state index in [1.807, 2.05) is 54.7 Å². The molecule has 1 fully saturated rings. The molecular formula is C28H29N5O3. The molecule has 0 spiro atoms. The van der Waals surface area contributed by atoms with Gasteiger partial charge in [0.2, 0.25) is 5.91 Å². The lowest BCUT2D eigenvalue weighted by Crippen LogP contribution is -2.17. The van der Waals surface area contributed by atoms with Gasteiger partial charge in [0, 0.05) is 37.1 Å². The smallest absolute Gasteiger partial charge is 0.224 e. The van der Waals surface area contributed by atoms with E-state index in [2.05, 4.69) is 19.9 Å². The second-order valence-electron chi connectivity index (χ2n) is 9.13. The Kier molecular flexibility index (Phi) is 6.66. The predicted molar refractivity (Wildman–Crippen MR) is 140 cm³/mol. The van der Waals surface area contributed by atoms with Crippen LogP contribution in [-0.4, -0.2) is 33.3 Å². The zero-order valence-corrected chi connectivity index (χ0v) is 20.2. The van der Waals surface area contributed by atoms with Crippen LogP contribution in [0.5, 0.6) is 5.75 Å². The molecule has 1 saturated carbocycles. The predicted octanol–water partition coefficient (Wildman–Crippen LogP) is 4.94. The second kappa shape index (κ2) is 10.2. The largest absolute Gasteiger partial charge is 0.495 e. The average Bonchev–Trinajstić information content (AvgIpc) is 3.30. The van der Waals surface area contributed by atoms with E-state index in [0.29, 0.717) is 48.7 Å². The number of hydrogen-bond acceptors (Lipinski definition) is 6. The van der Waals surface area contributed by atoms with Crippen molar-refractivity contribution in [2.24, 2.45) is 0 Å². The van der Waals surface area contributed by atoms with Crippen molar-refractivity contribution in [1.29, 1.82) is 0 Å². The summed E-state index contributed by atoms with van der Waals surface area (Å²) in [5.41, 5.74) is 10.6. The van der Waals surface area contributed by atoms with Gasteiger partial charge in [0.15, 0.2) is 0 Å². The van der Waals surface area contributed by atoms with E-state index < -0.39 is 0 Å². The molecule has 0 aliphatic heterocycles. The summed E-state index contributed by atoms with van der Waals surface area (Å²) >= 11 is 0. The number of nitrogens with one attached hydrogen (secondary N) is 1. The quantitative estimate of drug-likeness (QED) is 0.385. The Morgan fingerprint density at radius 3 is 2.67 bits per heavy atom. The number of methoxy groups -OCH3 is 1. The Labute approximate surface area is 209 Å². The first-order valence-electron chi connectivity index (χ1n) is 12.2. The van der Waals surface area contributed by atoms with Crippen molar-refractivity contribution in [3.05, 3.63) is 66.6 Å². The van der Waals surface area contributed by atoms with Gasteiger partial charge >= 0.3 is 0 Å². The number of ketones is 1. The molecule has 1 amide bonds. The number of nitrogens with two attached hydrogens (primary N) is 1. The molecule has 0 unspecified atom stereocenters. The van der Waals surface area contributed by atoms with Crippen LogP contribution in [0.1, 0.15) is 43.7 Å². The van der Waals surface area contributed by atoms with Crippen LogP contribution in [0.15, 0.2) is 61.1 Å². The minimum Gasteiger partial charge on any atom is -0.495 e. The van der Waals surface area contributed by atoms with Crippen molar-refractivity contribution in [1.82, 2.24) is 14.5 Å². The molecule has 0 radical (unpaired) electrons. The summed E-state index contributed by atoms with van der Waals surface area (Å²) in [6.45, 7) is 0. The van der Waals surface area contributed by atoms with Gasteiger partial charge in [-0.05, 0) is 42.5 Å². The number of amides is 1. The standard InChI is InChI=1S/C28H29N5O3/c1-36-24-15-19(8-13-23(24)32-25(35)14-7-18-5-3-2-4-6-18)22-16-33(20-9-11-21(34)12-10-20)28-26(22)27(29)30-17-31-28/h2-6,8,13,15-17,20H,7,9-12,14H2,1H3,(H,32,35)(H2,29,30,31). The number of nitrogens with zero attached hydrogens (tertiary/aromatic N) is 3. The highest BCUT2D eigenvalue weighted by molar-refractivity contribution is 6.01. The molecule has 0 bridgehead atoms. The number of aromatic nitrogens is 3. The maximum atomic E-state index is 12.6. The minimum atomic E-state index is -0.0778. The average molecular weight is 484 g/mol. The van der Waals surface area contributed by atoms with E-state index >= 15 is 0 Å². The lowest BCUT2D eigenvalue weighted by atomic mass is 9.94. The molecule has 8 nitrogen and oxygen atoms in total. The van der Waals surface area contributed by atoms with Gasteiger partial charge in [0.05, 0.1) is 18.2 Å². The van der Waals surface area contributed by atoms with Crippen molar-refractivity contribution in [2.75, 3.05) is 18.2 Å². The number of Topliss-reactive ketones (excluding diaryl/α,β-unsaturated/α-hetero) is 1. The SMILES string of the molecule is COc1cc(-c2cn(C3CCC(=O)CC3)c3ncnc(N)c23)ccc1NC(=O)CCc1ccccc1. The van der Waals surface area contributed by atoms with E-state index in [1.165, 1.54) is 6.33 Å². The van der Waals surface area contributed by atoms with E-state index in [1.54, 1.807) is 7.11 Å². The molecule has 1 aliphatic rings. The number of anilines is 2.